The number of anilines is 6. The Labute approximate surface area is 592 Å². The van der Waals surface area contributed by atoms with Gasteiger partial charge in [0.1, 0.15) is 22.3 Å². The van der Waals surface area contributed by atoms with E-state index in [1.807, 2.05) is 24.3 Å². The second-order valence-corrected chi connectivity index (χ2v) is 28.8. The van der Waals surface area contributed by atoms with E-state index in [4.69, 9.17) is 8.83 Å². The first kappa shape index (κ1) is 59.3. The second-order valence-electron chi connectivity index (χ2n) is 28.8. The number of hydrogen-bond donors (Lipinski definition) is 0. The van der Waals surface area contributed by atoms with Crippen LogP contribution in [0.4, 0.5) is 34.1 Å². The van der Waals surface area contributed by atoms with Gasteiger partial charge in [0.05, 0.1) is 11.4 Å². The lowest BCUT2D eigenvalue weighted by Gasteiger charge is -2.29. The van der Waals surface area contributed by atoms with Crippen LogP contribution in [0.1, 0.15) is 49.9 Å². The summed E-state index contributed by atoms with van der Waals surface area (Å²) >= 11 is 0. The first-order chi connectivity index (χ1) is 50.0. The predicted octanol–water partition coefficient (Wildman–Crippen LogP) is 27.7. The molecule has 0 saturated carbocycles. The van der Waals surface area contributed by atoms with Crippen LogP contribution in [0.15, 0.2) is 349 Å². The molecule has 482 valence electrons. The third-order valence-electron chi connectivity index (χ3n) is 22.2. The van der Waals surface area contributed by atoms with Gasteiger partial charge in [-0.15, -0.1) is 0 Å². The summed E-state index contributed by atoms with van der Waals surface area (Å²) in [6.45, 7) is 9.53. The molecule has 2 aliphatic rings. The number of hydrogen-bond acceptors (Lipinski definition) is 4. The zero-order valence-electron chi connectivity index (χ0n) is 57.0. The SMILES string of the molecule is CC1(C)c2cc(-c3ccc4oc5ccccc5c4c3)ccc2-c2ccc(N(c3ccc(-c4cccc(-c5cccc(-c6ccc(N(c7ccc8c(c7)C(C)(C)c7cc(-c9ccc%10oc%11ccccc%11c%10c9)ccc7-8)c7cccc8ccccc78)cc6)c5)c4)cc3)c3cccc4ccccc34)cc21. The van der Waals surface area contributed by atoms with Crippen molar-refractivity contribution < 1.29 is 8.83 Å². The third kappa shape index (κ3) is 9.51. The number of nitrogens with zero attached hydrogens (tertiary/aromatic N) is 2. The lowest BCUT2D eigenvalue weighted by molar-refractivity contribution is 0.660. The summed E-state index contributed by atoms with van der Waals surface area (Å²) in [6, 6.07) is 125. The molecule has 2 heterocycles. The summed E-state index contributed by atoms with van der Waals surface area (Å²) in [5.74, 6) is 0. The molecule has 0 fully saturated rings. The molecular weight excluding hydrogens is 1240 g/mol. The molecule has 0 saturated heterocycles. The molecule has 0 atom stereocenters. The molecule has 2 aliphatic carbocycles. The molecule has 0 aliphatic heterocycles. The maximum Gasteiger partial charge on any atom is 0.135 e. The molecule has 0 N–H and O–H groups in total. The zero-order valence-corrected chi connectivity index (χ0v) is 57.0. The summed E-state index contributed by atoms with van der Waals surface area (Å²) in [6.07, 6.45) is 0. The summed E-state index contributed by atoms with van der Waals surface area (Å²) in [5.41, 5.74) is 32.0. The molecule has 102 heavy (non-hydrogen) atoms. The van der Waals surface area contributed by atoms with Gasteiger partial charge in [0, 0.05) is 65.9 Å². The first-order valence-corrected chi connectivity index (χ1v) is 35.4. The minimum absolute atomic E-state index is 0.257. The van der Waals surface area contributed by atoms with E-state index in [1.165, 1.54) is 99.4 Å². The van der Waals surface area contributed by atoms with E-state index in [1.54, 1.807) is 0 Å². The minimum Gasteiger partial charge on any atom is -0.456 e. The van der Waals surface area contributed by atoms with Crippen molar-refractivity contribution >= 4 is 99.5 Å². The van der Waals surface area contributed by atoms with Crippen LogP contribution < -0.4 is 9.80 Å². The van der Waals surface area contributed by atoms with Crippen molar-refractivity contribution in [2.75, 3.05) is 9.80 Å². The van der Waals surface area contributed by atoms with Crippen molar-refractivity contribution in [2.24, 2.45) is 0 Å². The van der Waals surface area contributed by atoms with Crippen molar-refractivity contribution in [2.45, 2.75) is 38.5 Å². The average molecular weight is 1310 g/mol. The van der Waals surface area contributed by atoms with Crippen LogP contribution in [-0.2, 0) is 10.8 Å². The largest absolute Gasteiger partial charge is 0.456 e. The summed E-state index contributed by atoms with van der Waals surface area (Å²) in [4.78, 5) is 4.90. The fraction of sp³-hybridized carbons (Fsp3) is 0.0612. The molecule has 0 amide bonds. The Morgan fingerprint density at radius 1 is 0.206 bits per heavy atom. The number of fused-ring (bicyclic) bond motifs is 14. The molecule has 18 aromatic rings. The van der Waals surface area contributed by atoms with E-state index in [9.17, 15) is 0 Å². The number of rotatable bonds is 11. The Morgan fingerprint density at radius 2 is 0.500 bits per heavy atom. The molecule has 0 bridgehead atoms. The van der Waals surface area contributed by atoms with Crippen LogP contribution in [0.2, 0.25) is 0 Å². The van der Waals surface area contributed by atoms with Gasteiger partial charge in [-0.2, -0.15) is 0 Å². The van der Waals surface area contributed by atoms with Gasteiger partial charge in [-0.05, 0) is 232 Å². The Morgan fingerprint density at radius 3 is 0.931 bits per heavy atom. The standard InChI is InChI=1S/C98H68N2O2/c1-97(2)87-57-71(69-39-51-95-85(55-69)83-27-9-11-31-93(83)101-95)37-47-79(87)81-49-45-75(59-89(81)97)99(91-29-15-19-63-17-5-7-25-77(63)91)73-41-33-61(34-42-73)65-21-13-23-67(53-65)68-24-14-22-66(54-68)62-35-43-74(44-36-62)100(92-30-16-20-64-18-6-8-26-78(64)92)76-46-50-82-80-48-38-72(58-88(80)98(3,4)90(82)60-76)70-40-52-96-86(56-70)84-28-10-12-32-94(84)102-96/h5-60H,1-4H3. The van der Waals surface area contributed by atoms with E-state index in [0.29, 0.717) is 0 Å². The summed E-state index contributed by atoms with van der Waals surface area (Å²) in [7, 11) is 0. The average Bonchev–Trinajstić information content (AvgIpc) is 1.57. The molecule has 0 unspecified atom stereocenters. The fourth-order valence-corrected chi connectivity index (χ4v) is 16.9. The topological polar surface area (TPSA) is 32.8 Å². The van der Waals surface area contributed by atoms with E-state index in [2.05, 4.69) is 353 Å². The highest BCUT2D eigenvalue weighted by atomic mass is 16.3. The number of furan rings is 2. The van der Waals surface area contributed by atoms with Crippen LogP contribution in [0, 0.1) is 0 Å². The Bertz CT molecular complexity index is 6060. The Balaban J connectivity index is 0.596. The van der Waals surface area contributed by atoms with E-state index in [-0.39, 0.29) is 10.8 Å². The highest BCUT2D eigenvalue weighted by Crippen LogP contribution is 2.55. The van der Waals surface area contributed by atoms with E-state index >= 15 is 0 Å². The molecular formula is C98H68N2O2. The van der Waals surface area contributed by atoms with Gasteiger partial charge in [-0.1, -0.05) is 246 Å². The maximum atomic E-state index is 6.22. The third-order valence-corrected chi connectivity index (χ3v) is 22.2. The van der Waals surface area contributed by atoms with Crippen molar-refractivity contribution in [3.63, 3.8) is 0 Å². The quantitative estimate of drug-likeness (QED) is 0.129. The van der Waals surface area contributed by atoms with Crippen molar-refractivity contribution in [1.82, 2.24) is 0 Å². The van der Waals surface area contributed by atoms with Gasteiger partial charge in [0.2, 0.25) is 0 Å². The summed E-state index contributed by atoms with van der Waals surface area (Å²) < 4.78 is 12.4. The molecule has 20 rings (SSSR count). The van der Waals surface area contributed by atoms with Gasteiger partial charge in [0.25, 0.3) is 0 Å². The smallest absolute Gasteiger partial charge is 0.135 e. The predicted molar refractivity (Wildman–Crippen MR) is 428 cm³/mol. The first-order valence-electron chi connectivity index (χ1n) is 35.4. The van der Waals surface area contributed by atoms with Gasteiger partial charge in [-0.3, -0.25) is 0 Å². The van der Waals surface area contributed by atoms with E-state index < -0.39 is 0 Å². The second kappa shape index (κ2) is 22.9. The monoisotopic (exact) mass is 1300 g/mol. The molecule has 16 aromatic carbocycles. The van der Waals surface area contributed by atoms with Gasteiger partial charge in [0.15, 0.2) is 0 Å². The molecule has 0 spiro atoms. The number of benzene rings is 16. The number of para-hydroxylation sites is 2. The van der Waals surface area contributed by atoms with Gasteiger partial charge >= 0.3 is 0 Å². The van der Waals surface area contributed by atoms with Crippen LogP contribution in [-0.4, -0.2) is 0 Å². The van der Waals surface area contributed by atoms with Gasteiger partial charge < -0.3 is 18.6 Å². The Kier molecular flexibility index (Phi) is 13.3. The maximum absolute atomic E-state index is 6.22. The Hall–Kier alpha value is -12.8. The lowest BCUT2D eigenvalue weighted by atomic mass is 9.81. The lowest BCUT2D eigenvalue weighted by Crippen LogP contribution is -2.16. The summed E-state index contributed by atoms with van der Waals surface area (Å²) in [5, 5.41) is 9.37. The van der Waals surface area contributed by atoms with Crippen LogP contribution in [0.3, 0.4) is 0 Å². The molecule has 4 nitrogen and oxygen atoms in total. The zero-order chi connectivity index (χ0) is 68.0. The fourth-order valence-electron chi connectivity index (χ4n) is 16.9. The van der Waals surface area contributed by atoms with Gasteiger partial charge in [-0.25, -0.2) is 0 Å². The van der Waals surface area contributed by atoms with Crippen LogP contribution >= 0.6 is 0 Å². The van der Waals surface area contributed by atoms with Crippen LogP contribution in [0.25, 0.3) is 143 Å². The van der Waals surface area contributed by atoms with Crippen LogP contribution in [0.5, 0.6) is 0 Å². The van der Waals surface area contributed by atoms with Crippen molar-refractivity contribution in [3.8, 4) is 77.9 Å². The normalized spacial score (nSPS) is 13.3. The van der Waals surface area contributed by atoms with E-state index in [0.717, 1.165) is 100 Å². The van der Waals surface area contributed by atoms with Crippen molar-refractivity contribution in [1.29, 1.82) is 0 Å². The van der Waals surface area contributed by atoms with Crippen molar-refractivity contribution in [3.05, 3.63) is 362 Å². The molecule has 4 heteroatoms. The minimum atomic E-state index is -0.257. The molecule has 0 radical (unpaired) electrons. The highest BCUT2D eigenvalue weighted by Gasteiger charge is 2.38. The molecule has 2 aromatic heterocycles. The highest BCUT2D eigenvalue weighted by molar-refractivity contribution is 6.08.